The van der Waals surface area contributed by atoms with Gasteiger partial charge in [-0.1, -0.05) is 152 Å². The molecule has 2 unspecified atom stereocenters. The van der Waals surface area contributed by atoms with Gasteiger partial charge in [0.25, 0.3) is 8.32 Å². The SMILES string of the molecule is COCOc1c(OC)c(OC)cc(C(CC[C@@H]2OC(C)(C)O[C@@H]2C(C=CC[C@@H](C)O[Si](c2ccccc2)(c2ccccc2)C(C)(C)C)O[Si](C)(C)C(C)(C)C)Sc2ccccc2)c1C(=O)OCC[Si](C)(C)C. The number of thioether (sulfide) groups is 1. The smallest absolute Gasteiger partial charge is 0.342 e. The Hall–Kier alpha value is -3.71. The van der Waals surface area contributed by atoms with Crippen molar-refractivity contribution >= 4 is 52.8 Å². The fraction of sp³-hybridized carbons (Fsp3) is 0.534. The maximum Gasteiger partial charge on any atom is 0.342 e. The van der Waals surface area contributed by atoms with E-state index >= 15 is 0 Å². The topological polar surface area (TPSA) is 100 Å². The minimum absolute atomic E-state index is 0.0727. The first-order chi connectivity index (χ1) is 33.8. The van der Waals surface area contributed by atoms with Crippen molar-refractivity contribution in [2.75, 3.05) is 34.7 Å². The average Bonchev–Trinajstić information content (AvgIpc) is 3.63. The Labute approximate surface area is 440 Å². The van der Waals surface area contributed by atoms with Gasteiger partial charge in [-0.25, -0.2) is 4.79 Å². The molecule has 0 amide bonds. The number of benzene rings is 4. The predicted molar refractivity (Wildman–Crippen MR) is 303 cm³/mol. The summed E-state index contributed by atoms with van der Waals surface area (Å²) in [7, 11) is -2.06. The Morgan fingerprint density at radius 2 is 1.36 bits per heavy atom. The highest BCUT2D eigenvalue weighted by atomic mass is 32.2. The van der Waals surface area contributed by atoms with E-state index in [0.29, 0.717) is 37.2 Å². The fourth-order valence-electron chi connectivity index (χ4n) is 9.02. The van der Waals surface area contributed by atoms with E-state index in [1.165, 1.54) is 24.6 Å². The molecule has 4 aromatic rings. The number of carbonyl (C=O) groups is 1. The van der Waals surface area contributed by atoms with Crippen LogP contribution in [0.1, 0.15) is 103 Å². The number of methoxy groups -OCH3 is 3. The first-order valence-corrected chi connectivity index (χ1v) is 35.0. The van der Waals surface area contributed by atoms with Crippen LogP contribution in [0.3, 0.4) is 0 Å². The molecule has 0 N–H and O–H groups in total. The van der Waals surface area contributed by atoms with Crippen LogP contribution in [0.15, 0.2) is 114 Å². The number of esters is 1. The molecule has 72 heavy (non-hydrogen) atoms. The molecule has 10 nitrogen and oxygen atoms in total. The van der Waals surface area contributed by atoms with Gasteiger partial charge in [-0.2, -0.15) is 0 Å². The number of carbonyl (C=O) groups excluding carboxylic acids is 1. The summed E-state index contributed by atoms with van der Waals surface area (Å²) in [6.45, 7) is 31.4. The molecule has 5 rings (SSSR count). The van der Waals surface area contributed by atoms with Crippen molar-refractivity contribution in [1.82, 2.24) is 0 Å². The molecule has 0 radical (unpaired) electrons. The summed E-state index contributed by atoms with van der Waals surface area (Å²) >= 11 is 1.66. The molecule has 396 valence electrons. The molecule has 14 heteroatoms. The van der Waals surface area contributed by atoms with Crippen molar-refractivity contribution < 1.29 is 46.8 Å². The zero-order chi connectivity index (χ0) is 53.1. The van der Waals surface area contributed by atoms with E-state index in [1.54, 1.807) is 18.9 Å². The lowest BCUT2D eigenvalue weighted by atomic mass is 9.95. The van der Waals surface area contributed by atoms with E-state index in [2.05, 4.69) is 166 Å². The van der Waals surface area contributed by atoms with Crippen LogP contribution in [-0.2, 0) is 27.8 Å². The molecular weight excluding hydrogens is 973 g/mol. The summed E-state index contributed by atoms with van der Waals surface area (Å²) in [5.74, 6) is -0.454. The largest absolute Gasteiger partial charge is 0.493 e. The van der Waals surface area contributed by atoms with Gasteiger partial charge in [0.2, 0.25) is 5.75 Å². The predicted octanol–water partition coefficient (Wildman–Crippen LogP) is 13.6. The molecule has 0 aliphatic carbocycles. The van der Waals surface area contributed by atoms with Crippen LogP contribution in [-0.4, -0.2) is 95.6 Å². The fourth-order valence-corrected chi connectivity index (χ4v) is 16.9. The lowest BCUT2D eigenvalue weighted by Crippen LogP contribution is -2.67. The van der Waals surface area contributed by atoms with Gasteiger partial charge in [0.1, 0.15) is 11.7 Å². The summed E-state index contributed by atoms with van der Waals surface area (Å²) < 4.78 is 58.3. The third kappa shape index (κ3) is 15.2. The molecular formula is C58H86O10SSi3. The maximum atomic E-state index is 14.6. The third-order valence-electron chi connectivity index (χ3n) is 13.7. The van der Waals surface area contributed by atoms with Gasteiger partial charge in [0.15, 0.2) is 32.4 Å². The van der Waals surface area contributed by atoms with Crippen molar-refractivity contribution in [1.29, 1.82) is 0 Å². The molecule has 0 saturated carbocycles. The van der Waals surface area contributed by atoms with E-state index in [0.717, 1.165) is 10.9 Å². The van der Waals surface area contributed by atoms with Gasteiger partial charge >= 0.3 is 5.97 Å². The Morgan fingerprint density at radius 3 is 1.88 bits per heavy atom. The Balaban J connectivity index is 1.56. The number of hydrogen-bond donors (Lipinski definition) is 0. The average molecular weight is 1060 g/mol. The van der Waals surface area contributed by atoms with E-state index in [-0.39, 0.29) is 51.4 Å². The summed E-state index contributed by atoms with van der Waals surface area (Å²) in [5, 5.41) is 1.97. The van der Waals surface area contributed by atoms with Gasteiger partial charge in [0, 0.05) is 31.4 Å². The highest BCUT2D eigenvalue weighted by molar-refractivity contribution is 7.99. The van der Waals surface area contributed by atoms with Crippen molar-refractivity contribution in [2.24, 2.45) is 0 Å². The van der Waals surface area contributed by atoms with E-state index in [4.69, 9.17) is 42.0 Å². The summed E-state index contributed by atoms with van der Waals surface area (Å²) in [6.07, 6.45) is 4.89. The standard InChI is InChI=1S/C58H86O10SSi3/c1-42(67-72(57(5,6)7,44-31-23-19-24-32-44)45-33-25-20-26-34-45)28-27-35-48(68-71(16,17)56(2,3)4)52-47(65-58(8,9)66-52)36-37-50(69-43-29-21-18-22-30-43)46-40-49(61-11)53(62-12)54(64-41-60-10)51(46)55(59)63-38-39-70(13,14)15/h18-27,29-35,40,42,47-48,50,52H,28,36-39,41H2,1-17H3/t42-,47+,48?,50?,52+/m1/s1. The minimum Gasteiger partial charge on any atom is -0.493 e. The quantitative estimate of drug-likeness (QED) is 0.0209. The Bertz CT molecular complexity index is 2300. The Morgan fingerprint density at radius 1 is 0.778 bits per heavy atom. The van der Waals surface area contributed by atoms with Gasteiger partial charge < -0.3 is 42.0 Å². The maximum absolute atomic E-state index is 14.6. The lowest BCUT2D eigenvalue weighted by molar-refractivity contribution is -0.152. The van der Waals surface area contributed by atoms with Crippen LogP contribution < -0.4 is 24.6 Å². The van der Waals surface area contributed by atoms with Crippen molar-refractivity contribution in [2.45, 2.75) is 171 Å². The lowest BCUT2D eigenvalue weighted by Gasteiger charge is -2.44. The second kappa shape index (κ2) is 25.2. The number of rotatable bonds is 25. The molecule has 0 bridgehead atoms. The zero-order valence-corrected chi connectivity index (χ0v) is 50.3. The summed E-state index contributed by atoms with van der Waals surface area (Å²) in [4.78, 5) is 15.6. The second-order valence-electron chi connectivity index (χ2n) is 23.1. The molecule has 1 saturated heterocycles. The van der Waals surface area contributed by atoms with Crippen molar-refractivity contribution in [3.05, 3.63) is 120 Å². The molecule has 1 aliphatic rings. The zero-order valence-electron chi connectivity index (χ0n) is 46.5. The second-order valence-corrected chi connectivity index (χ2v) is 39.0. The molecule has 1 heterocycles. The van der Waals surface area contributed by atoms with Crippen molar-refractivity contribution in [3.8, 4) is 17.2 Å². The first-order valence-electron chi connectivity index (χ1n) is 25.6. The normalized spacial score (nSPS) is 17.9. The van der Waals surface area contributed by atoms with Crippen LogP contribution in [0.25, 0.3) is 0 Å². The van der Waals surface area contributed by atoms with Crippen LogP contribution in [0.4, 0.5) is 0 Å². The molecule has 0 aromatic heterocycles. The van der Waals surface area contributed by atoms with E-state index in [1.807, 2.05) is 38.1 Å². The monoisotopic (exact) mass is 1060 g/mol. The van der Waals surface area contributed by atoms with E-state index < -0.39 is 48.7 Å². The first kappa shape index (κ1) is 59.2. The van der Waals surface area contributed by atoms with Crippen LogP contribution in [0.5, 0.6) is 17.2 Å². The van der Waals surface area contributed by atoms with Crippen molar-refractivity contribution in [3.63, 3.8) is 0 Å². The Kier molecular flexibility index (Phi) is 20.7. The van der Waals surface area contributed by atoms with E-state index in [9.17, 15) is 4.79 Å². The molecule has 5 atom stereocenters. The van der Waals surface area contributed by atoms with Gasteiger partial charge in [-0.15, -0.1) is 11.8 Å². The minimum atomic E-state index is -2.80. The van der Waals surface area contributed by atoms with Crippen LogP contribution in [0, 0.1) is 0 Å². The van der Waals surface area contributed by atoms with Gasteiger partial charge in [-0.05, 0) is 103 Å². The highest BCUT2D eigenvalue weighted by Gasteiger charge is 2.52. The number of hydrogen-bond acceptors (Lipinski definition) is 11. The number of ether oxygens (including phenoxy) is 7. The highest BCUT2D eigenvalue weighted by Crippen LogP contribution is 2.50. The third-order valence-corrected chi connectivity index (χ3v) is 26.4. The summed E-state index contributed by atoms with van der Waals surface area (Å²) in [5.41, 5.74) is 0.981. The van der Waals surface area contributed by atoms with Gasteiger partial charge in [-0.3, -0.25) is 0 Å². The molecule has 1 fully saturated rings. The van der Waals surface area contributed by atoms with Crippen LogP contribution in [0.2, 0.25) is 48.9 Å². The van der Waals surface area contributed by atoms with Gasteiger partial charge in [0.05, 0.1) is 33.0 Å². The molecule has 4 aromatic carbocycles. The molecule has 0 spiro atoms. The summed E-state index contributed by atoms with van der Waals surface area (Å²) in [6, 6.07) is 34.5. The molecule has 1 aliphatic heterocycles. The van der Waals surface area contributed by atoms with Crippen LogP contribution >= 0.6 is 11.8 Å².